The van der Waals surface area contributed by atoms with Crippen molar-refractivity contribution in [3.05, 3.63) is 24.3 Å². The van der Waals surface area contributed by atoms with Crippen molar-refractivity contribution in [3.8, 4) is 0 Å². The number of thioether (sulfide) groups is 1. The Hall–Kier alpha value is -1.84. The minimum atomic E-state index is -0.0324. The molecule has 2 aromatic rings. The van der Waals surface area contributed by atoms with Crippen molar-refractivity contribution in [2.24, 2.45) is 0 Å². The maximum Gasteiger partial charge on any atom is 0.234 e. The van der Waals surface area contributed by atoms with Crippen LogP contribution in [0, 0.1) is 0 Å². The maximum atomic E-state index is 12.3. The fourth-order valence-electron chi connectivity index (χ4n) is 3.11. The summed E-state index contributed by atoms with van der Waals surface area (Å²) in [5.74, 6) is 0.291. The third-order valence-corrected chi connectivity index (χ3v) is 6.89. The second kappa shape index (κ2) is 11.4. The predicted molar refractivity (Wildman–Crippen MR) is 123 cm³/mol. The number of piperazine rings is 1. The molecular formula is C20H30N6OS2. The number of anilines is 3. The molecule has 1 amide bonds. The van der Waals surface area contributed by atoms with E-state index in [2.05, 4.69) is 56.6 Å². The van der Waals surface area contributed by atoms with Crippen molar-refractivity contribution in [1.82, 2.24) is 15.1 Å². The first-order valence-corrected chi connectivity index (χ1v) is 12.1. The lowest BCUT2D eigenvalue weighted by Gasteiger charge is -2.35. The van der Waals surface area contributed by atoms with Crippen LogP contribution in [0.15, 0.2) is 28.6 Å². The summed E-state index contributed by atoms with van der Waals surface area (Å²) in [6.45, 7) is 10.7. The van der Waals surface area contributed by atoms with Crippen LogP contribution in [0.2, 0.25) is 0 Å². The first-order chi connectivity index (χ1) is 14.2. The van der Waals surface area contributed by atoms with Crippen LogP contribution in [0.4, 0.5) is 16.5 Å². The Morgan fingerprint density at radius 3 is 2.59 bits per heavy atom. The lowest BCUT2D eigenvalue weighted by Crippen LogP contribution is -2.46. The number of aromatic nitrogens is 2. The summed E-state index contributed by atoms with van der Waals surface area (Å²) in [5.41, 5.74) is 2.04. The van der Waals surface area contributed by atoms with E-state index in [9.17, 15) is 4.79 Å². The molecule has 9 heteroatoms. The maximum absolute atomic E-state index is 12.3. The van der Waals surface area contributed by atoms with Gasteiger partial charge in [0.15, 0.2) is 4.34 Å². The molecule has 1 aliphatic rings. The zero-order valence-electron chi connectivity index (χ0n) is 17.2. The summed E-state index contributed by atoms with van der Waals surface area (Å²) in [5, 5.41) is 15.3. The van der Waals surface area contributed by atoms with Crippen LogP contribution in [0.3, 0.4) is 0 Å². The molecule has 0 atom stereocenters. The molecule has 0 radical (unpaired) electrons. The van der Waals surface area contributed by atoms with Crippen molar-refractivity contribution >= 4 is 45.5 Å². The Labute approximate surface area is 181 Å². The first kappa shape index (κ1) is 21.9. The van der Waals surface area contributed by atoms with Crippen molar-refractivity contribution in [1.29, 1.82) is 0 Å². The third-order valence-electron chi connectivity index (χ3n) is 4.88. The van der Waals surface area contributed by atoms with E-state index in [0.29, 0.717) is 5.75 Å². The van der Waals surface area contributed by atoms with E-state index in [1.54, 1.807) is 0 Å². The van der Waals surface area contributed by atoms with Gasteiger partial charge in [-0.15, -0.1) is 10.2 Å². The second-order valence-corrected chi connectivity index (χ2v) is 9.16. The summed E-state index contributed by atoms with van der Waals surface area (Å²) < 4.78 is 0.806. The standard InChI is InChI=1S/C20H30N6OS2/c1-3-5-10-21-19-23-24-20(29-19)28-15-18(27)22-16-6-8-17(9-7-16)26-13-11-25(4-2)12-14-26/h6-9H,3-5,10-15H2,1-2H3,(H,21,23)(H,22,27). The molecule has 158 valence electrons. The molecule has 0 saturated carbocycles. The number of carbonyl (C=O) groups excluding carboxylic acids is 1. The van der Waals surface area contributed by atoms with Crippen LogP contribution < -0.4 is 15.5 Å². The second-order valence-electron chi connectivity index (χ2n) is 6.96. The number of hydrogen-bond donors (Lipinski definition) is 2. The molecule has 2 heterocycles. The average Bonchev–Trinajstić information content (AvgIpc) is 3.21. The number of likely N-dealkylation sites (N-methyl/N-ethyl adjacent to an activating group) is 1. The number of carbonyl (C=O) groups is 1. The van der Waals surface area contributed by atoms with E-state index in [4.69, 9.17) is 0 Å². The summed E-state index contributed by atoms with van der Waals surface area (Å²) >= 11 is 2.91. The monoisotopic (exact) mass is 434 g/mol. The fraction of sp³-hybridized carbons (Fsp3) is 0.550. The fourth-order valence-corrected chi connectivity index (χ4v) is 4.69. The molecule has 29 heavy (non-hydrogen) atoms. The largest absolute Gasteiger partial charge is 0.369 e. The van der Waals surface area contributed by atoms with E-state index in [1.807, 2.05) is 12.1 Å². The Morgan fingerprint density at radius 1 is 1.14 bits per heavy atom. The third kappa shape index (κ3) is 6.87. The normalized spacial score (nSPS) is 14.8. The molecule has 0 aliphatic carbocycles. The van der Waals surface area contributed by atoms with Gasteiger partial charge in [-0.05, 0) is 37.2 Å². The van der Waals surface area contributed by atoms with Crippen molar-refractivity contribution in [2.45, 2.75) is 31.0 Å². The zero-order chi connectivity index (χ0) is 20.5. The van der Waals surface area contributed by atoms with Crippen LogP contribution >= 0.6 is 23.1 Å². The van der Waals surface area contributed by atoms with Gasteiger partial charge in [0.05, 0.1) is 5.75 Å². The summed E-state index contributed by atoms with van der Waals surface area (Å²) in [6.07, 6.45) is 2.25. The van der Waals surface area contributed by atoms with Gasteiger partial charge in [0.1, 0.15) is 0 Å². The van der Waals surface area contributed by atoms with E-state index < -0.39 is 0 Å². The van der Waals surface area contributed by atoms with Gasteiger partial charge in [-0.3, -0.25) is 4.79 Å². The van der Waals surface area contributed by atoms with E-state index in [-0.39, 0.29) is 5.91 Å². The number of unbranched alkanes of at least 4 members (excludes halogenated alkanes) is 1. The van der Waals surface area contributed by atoms with Gasteiger partial charge in [-0.2, -0.15) is 0 Å². The quantitative estimate of drug-likeness (QED) is 0.437. The topological polar surface area (TPSA) is 73.4 Å². The van der Waals surface area contributed by atoms with Crippen LogP contribution in [0.1, 0.15) is 26.7 Å². The minimum absolute atomic E-state index is 0.0324. The first-order valence-electron chi connectivity index (χ1n) is 10.2. The van der Waals surface area contributed by atoms with Crippen molar-refractivity contribution in [3.63, 3.8) is 0 Å². The molecular weight excluding hydrogens is 404 g/mol. The summed E-state index contributed by atoms with van der Waals surface area (Å²) in [4.78, 5) is 17.1. The van der Waals surface area contributed by atoms with E-state index in [1.165, 1.54) is 28.8 Å². The molecule has 2 N–H and O–H groups in total. The van der Waals surface area contributed by atoms with Crippen LogP contribution in [-0.4, -0.2) is 66.0 Å². The summed E-state index contributed by atoms with van der Waals surface area (Å²) in [7, 11) is 0. The van der Waals surface area contributed by atoms with Gasteiger partial charge in [0, 0.05) is 44.1 Å². The lowest BCUT2D eigenvalue weighted by atomic mass is 10.2. The number of nitrogens with zero attached hydrogens (tertiary/aromatic N) is 4. The van der Waals surface area contributed by atoms with E-state index in [0.717, 1.165) is 67.3 Å². The molecule has 0 bridgehead atoms. The summed E-state index contributed by atoms with van der Waals surface area (Å²) in [6, 6.07) is 8.13. The highest BCUT2D eigenvalue weighted by atomic mass is 32.2. The number of rotatable bonds is 10. The van der Waals surface area contributed by atoms with Crippen LogP contribution in [-0.2, 0) is 4.79 Å². The molecule has 1 aromatic heterocycles. The molecule has 0 spiro atoms. The van der Waals surface area contributed by atoms with Gasteiger partial charge in [0.25, 0.3) is 0 Å². The van der Waals surface area contributed by atoms with Crippen LogP contribution in [0.25, 0.3) is 0 Å². The van der Waals surface area contributed by atoms with Crippen LogP contribution in [0.5, 0.6) is 0 Å². The number of nitrogens with one attached hydrogen (secondary N) is 2. The molecule has 1 saturated heterocycles. The smallest absolute Gasteiger partial charge is 0.234 e. The molecule has 1 fully saturated rings. The van der Waals surface area contributed by atoms with E-state index >= 15 is 0 Å². The molecule has 1 aromatic carbocycles. The molecule has 1 aliphatic heterocycles. The van der Waals surface area contributed by atoms with Gasteiger partial charge in [-0.1, -0.05) is 43.4 Å². The number of hydrogen-bond acceptors (Lipinski definition) is 8. The van der Waals surface area contributed by atoms with Crippen molar-refractivity contribution in [2.75, 3.05) is 60.6 Å². The highest BCUT2D eigenvalue weighted by Gasteiger charge is 2.16. The Balaban J connectivity index is 1.41. The molecule has 7 nitrogen and oxygen atoms in total. The van der Waals surface area contributed by atoms with Gasteiger partial charge in [-0.25, -0.2) is 0 Å². The predicted octanol–water partition coefficient (Wildman–Crippen LogP) is 3.62. The minimum Gasteiger partial charge on any atom is -0.369 e. The van der Waals surface area contributed by atoms with Gasteiger partial charge >= 0.3 is 0 Å². The Kier molecular flexibility index (Phi) is 8.57. The van der Waals surface area contributed by atoms with Crippen molar-refractivity contribution < 1.29 is 4.79 Å². The SMILES string of the molecule is CCCCNc1nnc(SCC(=O)Nc2ccc(N3CCN(CC)CC3)cc2)s1. The molecule has 3 rings (SSSR count). The number of amides is 1. The van der Waals surface area contributed by atoms with Gasteiger partial charge in [0.2, 0.25) is 11.0 Å². The lowest BCUT2D eigenvalue weighted by molar-refractivity contribution is -0.113. The average molecular weight is 435 g/mol. The Morgan fingerprint density at radius 2 is 1.90 bits per heavy atom. The zero-order valence-corrected chi connectivity index (χ0v) is 18.8. The number of benzene rings is 1. The molecule has 0 unspecified atom stereocenters. The highest BCUT2D eigenvalue weighted by Crippen LogP contribution is 2.26. The van der Waals surface area contributed by atoms with Gasteiger partial charge < -0.3 is 20.4 Å². The Bertz CT molecular complexity index is 759. The highest BCUT2D eigenvalue weighted by molar-refractivity contribution is 8.01.